The molecule has 1 aromatic heterocycles. The lowest BCUT2D eigenvalue weighted by Crippen LogP contribution is -2.25. The van der Waals surface area contributed by atoms with E-state index in [4.69, 9.17) is 16.3 Å². The third kappa shape index (κ3) is 4.31. The van der Waals surface area contributed by atoms with Crippen LogP contribution < -0.4 is 4.74 Å². The van der Waals surface area contributed by atoms with Crippen molar-refractivity contribution < 1.29 is 4.74 Å². The molecule has 0 saturated carbocycles. The zero-order valence-corrected chi connectivity index (χ0v) is 14.1. The Labute approximate surface area is 145 Å². The molecule has 6 nitrogen and oxygen atoms in total. The summed E-state index contributed by atoms with van der Waals surface area (Å²) >= 11 is 5.94. The number of para-hydroxylation sites is 1. The number of nitrogens with zero attached hydrogens (tertiary/aromatic N) is 5. The molecule has 24 heavy (non-hydrogen) atoms. The van der Waals surface area contributed by atoms with Gasteiger partial charge in [-0.2, -0.15) is 4.68 Å². The molecule has 0 amide bonds. The van der Waals surface area contributed by atoms with Crippen LogP contribution in [0.25, 0.3) is 5.69 Å². The van der Waals surface area contributed by atoms with Crippen LogP contribution >= 0.6 is 11.6 Å². The second kappa shape index (κ2) is 7.90. The van der Waals surface area contributed by atoms with Crippen molar-refractivity contribution in [3.8, 4) is 11.4 Å². The molecular formula is C17H18ClN5O. The number of ether oxygens (including phenoxy) is 1. The van der Waals surface area contributed by atoms with Crippen molar-refractivity contribution in [2.75, 3.05) is 20.2 Å². The first-order valence-electron chi connectivity index (χ1n) is 7.62. The number of aromatic nitrogens is 4. The Hall–Kier alpha value is -2.44. The zero-order valence-electron chi connectivity index (χ0n) is 13.3. The maximum Gasteiger partial charge on any atom is 0.170 e. The smallest absolute Gasteiger partial charge is 0.170 e. The van der Waals surface area contributed by atoms with E-state index in [9.17, 15) is 0 Å². The number of likely N-dealkylation sites (N-methyl/N-ethyl adjacent to an activating group) is 1. The lowest BCUT2D eigenvalue weighted by molar-refractivity contribution is 0.228. The maximum atomic E-state index is 5.94. The number of halogens is 1. The number of hydrogen-bond donors (Lipinski definition) is 0. The first-order chi connectivity index (χ1) is 11.7. The van der Waals surface area contributed by atoms with Crippen LogP contribution in [0.5, 0.6) is 5.75 Å². The largest absolute Gasteiger partial charge is 0.492 e. The van der Waals surface area contributed by atoms with Gasteiger partial charge in [-0.15, -0.1) is 5.10 Å². The quantitative estimate of drug-likeness (QED) is 0.660. The molecule has 0 saturated heterocycles. The number of benzene rings is 2. The molecule has 3 rings (SSSR count). The minimum Gasteiger partial charge on any atom is -0.492 e. The monoisotopic (exact) mass is 343 g/mol. The molecule has 3 aromatic rings. The van der Waals surface area contributed by atoms with Gasteiger partial charge in [0.15, 0.2) is 5.82 Å². The van der Waals surface area contributed by atoms with Gasteiger partial charge in [0.05, 0.1) is 12.2 Å². The Balaban J connectivity index is 1.54. The number of tetrazole rings is 1. The molecule has 0 fully saturated rings. The summed E-state index contributed by atoms with van der Waals surface area (Å²) in [7, 11) is 2.01. The highest BCUT2D eigenvalue weighted by atomic mass is 35.5. The highest BCUT2D eigenvalue weighted by Crippen LogP contribution is 2.17. The Bertz CT molecular complexity index is 777. The first-order valence-corrected chi connectivity index (χ1v) is 8.00. The van der Waals surface area contributed by atoms with Crippen LogP contribution in [0.4, 0.5) is 0 Å². The van der Waals surface area contributed by atoms with Crippen molar-refractivity contribution in [2.24, 2.45) is 0 Å². The first kappa shape index (κ1) is 16.4. The van der Waals surface area contributed by atoms with E-state index < -0.39 is 0 Å². The average molecular weight is 344 g/mol. The predicted molar refractivity (Wildman–Crippen MR) is 92.4 cm³/mol. The number of hydrogen-bond acceptors (Lipinski definition) is 5. The molecule has 0 aliphatic heterocycles. The summed E-state index contributed by atoms with van der Waals surface area (Å²) in [4.78, 5) is 2.11. The fourth-order valence-corrected chi connectivity index (χ4v) is 2.45. The van der Waals surface area contributed by atoms with Crippen molar-refractivity contribution in [3.63, 3.8) is 0 Å². The van der Waals surface area contributed by atoms with Gasteiger partial charge in [0.2, 0.25) is 0 Å². The molecule has 0 unspecified atom stereocenters. The van der Waals surface area contributed by atoms with Gasteiger partial charge in [0.1, 0.15) is 12.4 Å². The highest BCUT2D eigenvalue weighted by Gasteiger charge is 2.10. The van der Waals surface area contributed by atoms with Crippen LogP contribution in [0.2, 0.25) is 5.02 Å². The van der Waals surface area contributed by atoms with Gasteiger partial charge in [-0.05, 0) is 47.8 Å². The molecule has 0 N–H and O–H groups in total. The van der Waals surface area contributed by atoms with E-state index in [-0.39, 0.29) is 0 Å². The normalized spacial score (nSPS) is 11.0. The lowest BCUT2D eigenvalue weighted by Gasteiger charge is -2.16. The molecule has 0 bridgehead atoms. The summed E-state index contributed by atoms with van der Waals surface area (Å²) in [5, 5.41) is 12.6. The van der Waals surface area contributed by atoms with Crippen LogP contribution in [0.3, 0.4) is 0 Å². The molecule has 0 radical (unpaired) electrons. The molecule has 124 valence electrons. The Morgan fingerprint density at radius 2 is 1.96 bits per heavy atom. The van der Waals surface area contributed by atoms with Gasteiger partial charge >= 0.3 is 0 Å². The van der Waals surface area contributed by atoms with Gasteiger partial charge in [0, 0.05) is 11.6 Å². The van der Waals surface area contributed by atoms with Crippen LogP contribution in [-0.2, 0) is 6.54 Å². The van der Waals surface area contributed by atoms with Gasteiger partial charge < -0.3 is 4.74 Å². The summed E-state index contributed by atoms with van der Waals surface area (Å²) < 4.78 is 7.45. The van der Waals surface area contributed by atoms with Gasteiger partial charge in [-0.1, -0.05) is 35.9 Å². The fourth-order valence-electron chi connectivity index (χ4n) is 2.27. The SMILES string of the molecule is CN(CCOc1cccc(Cl)c1)Cc1nnnn1-c1ccccc1. The van der Waals surface area contributed by atoms with Crippen LogP contribution in [0.15, 0.2) is 54.6 Å². The molecule has 2 aromatic carbocycles. The van der Waals surface area contributed by atoms with E-state index in [0.717, 1.165) is 23.8 Å². The fraction of sp³-hybridized carbons (Fsp3) is 0.235. The Kier molecular flexibility index (Phi) is 5.40. The predicted octanol–water partition coefficient (Wildman–Crippen LogP) is 2.83. The van der Waals surface area contributed by atoms with Crippen molar-refractivity contribution in [3.05, 3.63) is 65.4 Å². The molecule has 0 aliphatic rings. The van der Waals surface area contributed by atoms with Gasteiger partial charge in [-0.25, -0.2) is 0 Å². The zero-order chi connectivity index (χ0) is 16.8. The summed E-state index contributed by atoms with van der Waals surface area (Å²) in [5.74, 6) is 1.55. The van der Waals surface area contributed by atoms with Crippen LogP contribution in [0.1, 0.15) is 5.82 Å². The molecule has 0 atom stereocenters. The second-order valence-corrected chi connectivity index (χ2v) is 5.82. The van der Waals surface area contributed by atoms with E-state index >= 15 is 0 Å². The third-order valence-electron chi connectivity index (χ3n) is 3.48. The summed E-state index contributed by atoms with van der Waals surface area (Å²) in [6.45, 7) is 1.93. The molecular weight excluding hydrogens is 326 g/mol. The molecule has 1 heterocycles. The topological polar surface area (TPSA) is 56.1 Å². The summed E-state index contributed by atoms with van der Waals surface area (Å²) in [6.07, 6.45) is 0. The van der Waals surface area contributed by atoms with Crippen molar-refractivity contribution >= 4 is 11.6 Å². The van der Waals surface area contributed by atoms with E-state index in [1.807, 2.05) is 55.6 Å². The molecule has 7 heteroatoms. The van der Waals surface area contributed by atoms with E-state index in [0.29, 0.717) is 18.2 Å². The third-order valence-corrected chi connectivity index (χ3v) is 3.72. The molecule has 0 aliphatic carbocycles. The van der Waals surface area contributed by atoms with Crippen LogP contribution in [0, 0.1) is 0 Å². The Morgan fingerprint density at radius 1 is 1.12 bits per heavy atom. The standard InChI is InChI=1S/C17H18ClN5O/c1-22(10-11-24-16-9-5-6-14(18)12-16)13-17-19-20-21-23(17)15-7-3-2-4-8-15/h2-9,12H,10-11,13H2,1H3. The molecule has 0 spiro atoms. The average Bonchev–Trinajstić information content (AvgIpc) is 3.04. The van der Waals surface area contributed by atoms with Crippen molar-refractivity contribution in [2.45, 2.75) is 6.54 Å². The lowest BCUT2D eigenvalue weighted by atomic mass is 10.3. The van der Waals surface area contributed by atoms with Gasteiger partial charge in [-0.3, -0.25) is 4.90 Å². The number of rotatable bonds is 7. The van der Waals surface area contributed by atoms with Crippen LogP contribution in [-0.4, -0.2) is 45.3 Å². The Morgan fingerprint density at radius 3 is 2.75 bits per heavy atom. The van der Waals surface area contributed by atoms with E-state index in [1.54, 1.807) is 10.7 Å². The maximum absolute atomic E-state index is 5.94. The minimum atomic E-state index is 0.559. The minimum absolute atomic E-state index is 0.559. The highest BCUT2D eigenvalue weighted by molar-refractivity contribution is 6.30. The van der Waals surface area contributed by atoms with Crippen molar-refractivity contribution in [1.29, 1.82) is 0 Å². The van der Waals surface area contributed by atoms with Crippen molar-refractivity contribution in [1.82, 2.24) is 25.1 Å². The second-order valence-electron chi connectivity index (χ2n) is 5.39. The van der Waals surface area contributed by atoms with E-state index in [2.05, 4.69) is 20.4 Å². The summed E-state index contributed by atoms with van der Waals surface area (Å²) in [5.41, 5.74) is 0.945. The van der Waals surface area contributed by atoms with Gasteiger partial charge in [0.25, 0.3) is 0 Å². The summed E-state index contributed by atoms with van der Waals surface area (Å²) in [6, 6.07) is 17.2. The van der Waals surface area contributed by atoms with E-state index in [1.165, 1.54) is 0 Å².